The van der Waals surface area contributed by atoms with Gasteiger partial charge in [-0.25, -0.2) is 4.89 Å². The molecule has 8 heteroatoms. The fraction of sp³-hybridized carbons (Fsp3) is 0.929. The molecule has 0 radical (unpaired) electrons. The minimum absolute atomic E-state index is 0.194. The van der Waals surface area contributed by atoms with E-state index in [-0.39, 0.29) is 5.91 Å². The molecule has 0 saturated heterocycles. The molecular formula is C14H30N2O6. The van der Waals surface area contributed by atoms with Gasteiger partial charge in [0.15, 0.2) is 0 Å². The molecule has 0 aromatic rings. The second kappa shape index (κ2) is 18.3. The van der Waals surface area contributed by atoms with Crippen LogP contribution in [0.3, 0.4) is 0 Å². The van der Waals surface area contributed by atoms with Crippen LogP contribution in [-0.4, -0.2) is 17.7 Å². The molecule has 0 unspecified atom stereocenters. The largest absolute Gasteiger partial charge is 0.370 e. The predicted molar refractivity (Wildman–Crippen MR) is 78.7 cm³/mol. The Bertz CT molecular complexity index is 243. The number of amides is 1. The first-order valence-corrected chi connectivity index (χ1v) is 8.06. The van der Waals surface area contributed by atoms with Gasteiger partial charge in [-0.2, -0.15) is 0 Å². The van der Waals surface area contributed by atoms with Gasteiger partial charge in [-0.05, 0) is 28.6 Å². The second-order valence-corrected chi connectivity index (χ2v) is 5.24. The van der Waals surface area contributed by atoms with Gasteiger partial charge in [0.25, 0.3) is 0 Å². The van der Waals surface area contributed by atoms with Crippen LogP contribution in [-0.2, 0) is 24.7 Å². The number of hydrogen-bond donors (Lipinski definition) is 3. The summed E-state index contributed by atoms with van der Waals surface area (Å²) < 4.78 is 0. The molecule has 0 atom stereocenters. The van der Waals surface area contributed by atoms with E-state index in [1.54, 1.807) is 0 Å². The first-order valence-electron chi connectivity index (χ1n) is 8.06. The molecule has 0 fully saturated rings. The monoisotopic (exact) mass is 322 g/mol. The number of primary amides is 1. The SMILES string of the molecule is NC(=O)CCCCCCCCCCCCCOOOONO. The molecular weight excluding hydrogens is 292 g/mol. The van der Waals surface area contributed by atoms with E-state index in [0.717, 1.165) is 25.7 Å². The van der Waals surface area contributed by atoms with Crippen LogP contribution in [0.4, 0.5) is 0 Å². The summed E-state index contributed by atoms with van der Waals surface area (Å²) in [6.45, 7) is 0.417. The normalized spacial score (nSPS) is 11.0. The zero-order valence-corrected chi connectivity index (χ0v) is 13.3. The first-order chi connectivity index (χ1) is 10.8. The highest BCUT2D eigenvalue weighted by Crippen LogP contribution is 2.11. The number of rotatable bonds is 18. The van der Waals surface area contributed by atoms with Gasteiger partial charge in [-0.1, -0.05) is 62.8 Å². The second-order valence-electron chi connectivity index (χ2n) is 5.24. The Morgan fingerprint density at radius 3 is 1.82 bits per heavy atom. The molecule has 0 aliphatic heterocycles. The lowest BCUT2D eigenvalue weighted by atomic mass is 10.1. The van der Waals surface area contributed by atoms with Gasteiger partial charge >= 0.3 is 0 Å². The average molecular weight is 322 g/mol. The Kier molecular flexibility index (Phi) is 17.6. The molecule has 0 aromatic heterocycles. The zero-order valence-electron chi connectivity index (χ0n) is 13.3. The zero-order chi connectivity index (χ0) is 16.3. The maximum Gasteiger partial charge on any atom is 0.217 e. The van der Waals surface area contributed by atoms with Crippen molar-refractivity contribution < 1.29 is 30.0 Å². The molecule has 8 nitrogen and oxygen atoms in total. The summed E-state index contributed by atoms with van der Waals surface area (Å²) in [4.78, 5) is 19.0. The van der Waals surface area contributed by atoms with Crippen molar-refractivity contribution in [2.45, 2.75) is 77.0 Å². The first kappa shape index (κ1) is 21.2. The third kappa shape index (κ3) is 19.2. The van der Waals surface area contributed by atoms with Crippen LogP contribution in [0.2, 0.25) is 0 Å². The number of carbonyl (C=O) groups excluding carboxylic acids is 1. The Labute approximate surface area is 131 Å². The molecule has 0 bridgehead atoms. The molecule has 0 heterocycles. The van der Waals surface area contributed by atoms with E-state index in [2.05, 4.69) is 20.0 Å². The van der Waals surface area contributed by atoms with Crippen LogP contribution >= 0.6 is 0 Å². The van der Waals surface area contributed by atoms with Crippen molar-refractivity contribution in [1.82, 2.24) is 5.64 Å². The maximum absolute atomic E-state index is 10.5. The van der Waals surface area contributed by atoms with Gasteiger partial charge in [0.05, 0.1) is 6.61 Å². The number of nitrogens with two attached hydrogens (primary N) is 1. The van der Waals surface area contributed by atoms with Crippen molar-refractivity contribution in [3.8, 4) is 0 Å². The number of unbranched alkanes of at least 4 members (excludes halogenated alkanes) is 10. The van der Waals surface area contributed by atoms with Crippen molar-refractivity contribution >= 4 is 5.91 Å². The van der Waals surface area contributed by atoms with Gasteiger partial charge in [0.1, 0.15) is 0 Å². The van der Waals surface area contributed by atoms with Gasteiger partial charge < -0.3 is 5.73 Å². The fourth-order valence-electron chi connectivity index (χ4n) is 2.13. The summed E-state index contributed by atoms with van der Waals surface area (Å²) >= 11 is 0. The Morgan fingerprint density at radius 2 is 1.32 bits per heavy atom. The van der Waals surface area contributed by atoms with Crippen LogP contribution in [0, 0.1) is 0 Å². The van der Waals surface area contributed by atoms with E-state index < -0.39 is 0 Å². The molecule has 22 heavy (non-hydrogen) atoms. The summed E-state index contributed by atoms with van der Waals surface area (Å²) in [5.74, 6) is -0.194. The summed E-state index contributed by atoms with van der Waals surface area (Å²) in [5.41, 5.74) is 6.36. The van der Waals surface area contributed by atoms with E-state index in [0.29, 0.717) is 13.0 Å². The molecule has 0 spiro atoms. The highest BCUT2D eigenvalue weighted by molar-refractivity contribution is 5.73. The molecule has 0 aromatic carbocycles. The van der Waals surface area contributed by atoms with Gasteiger partial charge in [-0.3, -0.25) is 10.0 Å². The smallest absolute Gasteiger partial charge is 0.217 e. The van der Waals surface area contributed by atoms with E-state index in [9.17, 15) is 4.79 Å². The predicted octanol–water partition coefficient (Wildman–Crippen LogP) is 2.86. The molecule has 0 saturated carbocycles. The van der Waals surface area contributed by atoms with Crippen molar-refractivity contribution in [3.63, 3.8) is 0 Å². The Morgan fingerprint density at radius 1 is 0.818 bits per heavy atom. The quantitative estimate of drug-likeness (QED) is 0.202. The molecule has 0 rings (SSSR count). The molecule has 132 valence electrons. The summed E-state index contributed by atoms with van der Waals surface area (Å²) in [6.07, 6.45) is 13.2. The summed E-state index contributed by atoms with van der Waals surface area (Å²) in [6, 6.07) is 0. The van der Waals surface area contributed by atoms with Gasteiger partial charge in [-0.15, -0.1) is 0 Å². The molecule has 0 aliphatic carbocycles. The van der Waals surface area contributed by atoms with Crippen LogP contribution in [0.1, 0.15) is 77.0 Å². The Hall–Kier alpha value is -0.770. The van der Waals surface area contributed by atoms with E-state index >= 15 is 0 Å². The topological polar surface area (TPSA) is 112 Å². The van der Waals surface area contributed by atoms with Crippen LogP contribution in [0.5, 0.6) is 0 Å². The fourth-order valence-corrected chi connectivity index (χ4v) is 2.13. The van der Waals surface area contributed by atoms with Gasteiger partial charge in [0.2, 0.25) is 5.91 Å². The molecule has 1 amide bonds. The summed E-state index contributed by atoms with van der Waals surface area (Å²) in [7, 11) is 0. The van der Waals surface area contributed by atoms with E-state index in [1.165, 1.54) is 50.6 Å². The maximum atomic E-state index is 10.5. The van der Waals surface area contributed by atoms with E-state index in [4.69, 9.17) is 10.9 Å². The molecule has 0 aliphatic rings. The third-order valence-electron chi connectivity index (χ3n) is 3.30. The summed E-state index contributed by atoms with van der Waals surface area (Å²) in [5, 5.41) is 16.0. The number of carbonyl (C=O) groups is 1. The minimum atomic E-state index is -0.194. The average Bonchev–Trinajstić information content (AvgIpc) is 2.50. The third-order valence-corrected chi connectivity index (χ3v) is 3.30. The van der Waals surface area contributed by atoms with Crippen LogP contribution in [0.15, 0.2) is 0 Å². The highest BCUT2D eigenvalue weighted by atomic mass is 17.7. The number of nitrogens with one attached hydrogen (secondary N) is 1. The minimum Gasteiger partial charge on any atom is -0.370 e. The number of hydrogen-bond acceptors (Lipinski definition) is 7. The lowest BCUT2D eigenvalue weighted by molar-refractivity contribution is -0.658. The van der Waals surface area contributed by atoms with Crippen molar-refractivity contribution in [1.29, 1.82) is 0 Å². The standard InChI is InChI=1S/C14H30N2O6/c15-14(17)12-10-8-6-4-2-1-3-5-7-9-11-13-19-21-22-20-16-18/h16,18H,1-13H2,(H2,15,17). The lowest BCUT2D eigenvalue weighted by Gasteiger charge is -2.03. The van der Waals surface area contributed by atoms with Crippen molar-refractivity contribution in [2.75, 3.05) is 6.61 Å². The van der Waals surface area contributed by atoms with Crippen LogP contribution in [0.25, 0.3) is 0 Å². The van der Waals surface area contributed by atoms with E-state index in [1.807, 2.05) is 0 Å². The van der Waals surface area contributed by atoms with Crippen molar-refractivity contribution in [3.05, 3.63) is 0 Å². The van der Waals surface area contributed by atoms with Crippen molar-refractivity contribution in [2.24, 2.45) is 5.73 Å². The molecule has 4 N–H and O–H groups in total. The van der Waals surface area contributed by atoms with Gasteiger partial charge in [0, 0.05) is 6.42 Å². The highest BCUT2D eigenvalue weighted by Gasteiger charge is 1.96. The lowest BCUT2D eigenvalue weighted by Crippen LogP contribution is -2.09. The Balaban J connectivity index is 2.95. The van der Waals surface area contributed by atoms with Crippen LogP contribution < -0.4 is 11.4 Å².